The first-order valence-corrected chi connectivity index (χ1v) is 6.13. The van der Waals surface area contributed by atoms with Crippen molar-refractivity contribution in [1.29, 1.82) is 0 Å². The van der Waals surface area contributed by atoms with Gasteiger partial charge in [0.2, 0.25) is 0 Å². The second-order valence-electron chi connectivity index (χ2n) is 4.37. The van der Waals surface area contributed by atoms with Gasteiger partial charge in [-0.1, -0.05) is 30.3 Å². The number of halogens is 2. The van der Waals surface area contributed by atoms with Crippen LogP contribution in [0.4, 0.5) is 8.78 Å². The van der Waals surface area contributed by atoms with Crippen LogP contribution in [0.25, 0.3) is 16.8 Å². The summed E-state index contributed by atoms with van der Waals surface area (Å²) >= 11 is 0. The van der Waals surface area contributed by atoms with Crippen molar-refractivity contribution in [3.8, 4) is 16.8 Å². The Bertz CT molecular complexity index is 836. The summed E-state index contributed by atoms with van der Waals surface area (Å²) in [5.41, 5.74) is -0.934. The van der Waals surface area contributed by atoms with Gasteiger partial charge in [-0.15, -0.1) is 5.10 Å². The number of carboxylic acids is 1. The topological polar surface area (TPSA) is 80.9 Å². The number of nitrogens with zero attached hydrogens (tertiary/aromatic N) is 4. The Kier molecular flexibility index (Phi) is 3.34. The minimum Gasteiger partial charge on any atom is -0.477 e. The third kappa shape index (κ3) is 2.20. The zero-order valence-corrected chi connectivity index (χ0v) is 10.9. The van der Waals surface area contributed by atoms with E-state index in [0.29, 0.717) is 5.56 Å². The van der Waals surface area contributed by atoms with Crippen molar-refractivity contribution < 1.29 is 18.7 Å². The average molecular weight is 302 g/mol. The summed E-state index contributed by atoms with van der Waals surface area (Å²) in [6.07, 6.45) is 1.09. The zero-order valence-electron chi connectivity index (χ0n) is 10.9. The van der Waals surface area contributed by atoms with Crippen molar-refractivity contribution in [1.82, 2.24) is 20.2 Å². The van der Waals surface area contributed by atoms with Crippen molar-refractivity contribution in [2.45, 2.75) is 0 Å². The highest BCUT2D eigenvalue weighted by Gasteiger charge is 2.25. The standard InChI is InChI=1S/C14H8F2N4O2/c15-12-9(8-4-2-1-3-5-8)6-10(20-7-17-18-19-20)13(16)11(12)14(21)22/h1-7H,(H,21,22). The molecule has 0 aliphatic heterocycles. The molecule has 0 aliphatic rings. The first-order chi connectivity index (χ1) is 10.6. The maximum Gasteiger partial charge on any atom is 0.341 e. The second kappa shape index (κ2) is 5.32. The van der Waals surface area contributed by atoms with Gasteiger partial charge in [-0.3, -0.25) is 0 Å². The Morgan fingerprint density at radius 3 is 2.45 bits per heavy atom. The minimum absolute atomic E-state index is 0.0510. The quantitative estimate of drug-likeness (QED) is 0.803. The van der Waals surface area contributed by atoms with Crippen molar-refractivity contribution in [3.63, 3.8) is 0 Å². The van der Waals surface area contributed by atoms with Crippen LogP contribution in [-0.4, -0.2) is 31.3 Å². The maximum atomic E-state index is 14.4. The lowest BCUT2D eigenvalue weighted by molar-refractivity contribution is 0.0686. The Morgan fingerprint density at radius 2 is 1.86 bits per heavy atom. The predicted octanol–water partition coefficient (Wildman–Crippen LogP) is 2.31. The van der Waals surface area contributed by atoms with E-state index in [4.69, 9.17) is 5.11 Å². The molecule has 0 fully saturated rings. The van der Waals surface area contributed by atoms with Crippen LogP contribution in [0.2, 0.25) is 0 Å². The Balaban J connectivity index is 2.34. The summed E-state index contributed by atoms with van der Waals surface area (Å²) in [7, 11) is 0. The summed E-state index contributed by atoms with van der Waals surface area (Å²) in [4.78, 5) is 11.2. The van der Waals surface area contributed by atoms with E-state index in [1.54, 1.807) is 30.3 Å². The normalized spacial score (nSPS) is 10.6. The van der Waals surface area contributed by atoms with Gasteiger partial charge >= 0.3 is 5.97 Å². The fourth-order valence-electron chi connectivity index (χ4n) is 2.08. The highest BCUT2D eigenvalue weighted by Crippen LogP contribution is 2.30. The average Bonchev–Trinajstić information content (AvgIpc) is 3.02. The number of hydrogen-bond acceptors (Lipinski definition) is 4. The molecule has 2 aromatic carbocycles. The predicted molar refractivity (Wildman–Crippen MR) is 71.5 cm³/mol. The van der Waals surface area contributed by atoms with Crippen LogP contribution in [0.1, 0.15) is 10.4 Å². The first-order valence-electron chi connectivity index (χ1n) is 6.13. The Labute approximate surface area is 122 Å². The van der Waals surface area contributed by atoms with Gasteiger partial charge in [0, 0.05) is 5.56 Å². The summed E-state index contributed by atoms with van der Waals surface area (Å²) in [6, 6.07) is 9.40. The molecule has 0 amide bonds. The number of hydrogen-bond donors (Lipinski definition) is 1. The van der Waals surface area contributed by atoms with E-state index in [1.807, 2.05) is 0 Å². The minimum atomic E-state index is -1.71. The molecule has 22 heavy (non-hydrogen) atoms. The van der Waals surface area contributed by atoms with Crippen LogP contribution >= 0.6 is 0 Å². The van der Waals surface area contributed by atoms with E-state index < -0.39 is 23.2 Å². The van der Waals surface area contributed by atoms with Crippen LogP contribution in [0.3, 0.4) is 0 Å². The number of aromatic carboxylic acids is 1. The van der Waals surface area contributed by atoms with Gasteiger partial charge in [-0.05, 0) is 22.1 Å². The number of rotatable bonds is 3. The largest absolute Gasteiger partial charge is 0.477 e. The van der Waals surface area contributed by atoms with Crippen molar-refractivity contribution in [2.75, 3.05) is 0 Å². The molecule has 0 aliphatic carbocycles. The zero-order chi connectivity index (χ0) is 15.7. The van der Waals surface area contributed by atoms with E-state index in [1.165, 1.54) is 6.07 Å². The molecule has 1 heterocycles. The molecule has 110 valence electrons. The molecule has 1 N–H and O–H groups in total. The van der Waals surface area contributed by atoms with Gasteiger partial charge in [-0.2, -0.15) is 4.68 Å². The van der Waals surface area contributed by atoms with Crippen molar-refractivity contribution >= 4 is 5.97 Å². The fourth-order valence-corrected chi connectivity index (χ4v) is 2.08. The van der Waals surface area contributed by atoms with Gasteiger partial charge in [-0.25, -0.2) is 13.6 Å². The van der Waals surface area contributed by atoms with Gasteiger partial charge < -0.3 is 5.11 Å². The molecule has 0 atom stereocenters. The van der Waals surface area contributed by atoms with Crippen LogP contribution in [-0.2, 0) is 0 Å². The third-order valence-electron chi connectivity index (χ3n) is 3.08. The van der Waals surface area contributed by atoms with Crippen LogP contribution in [0.15, 0.2) is 42.7 Å². The number of tetrazole rings is 1. The molecule has 0 spiro atoms. The number of carbonyl (C=O) groups is 1. The number of carboxylic acid groups (broad SMARTS) is 1. The SMILES string of the molecule is O=C(O)c1c(F)c(-c2ccccc2)cc(-n2cnnn2)c1F. The highest BCUT2D eigenvalue weighted by atomic mass is 19.1. The number of aromatic nitrogens is 4. The molecular formula is C14H8F2N4O2. The van der Waals surface area contributed by atoms with E-state index in [2.05, 4.69) is 15.5 Å². The van der Waals surface area contributed by atoms with Crippen LogP contribution in [0, 0.1) is 11.6 Å². The van der Waals surface area contributed by atoms with E-state index in [9.17, 15) is 13.6 Å². The Morgan fingerprint density at radius 1 is 1.14 bits per heavy atom. The molecule has 0 unspecified atom stereocenters. The monoisotopic (exact) mass is 302 g/mol. The summed E-state index contributed by atoms with van der Waals surface area (Å²) in [5.74, 6) is -4.09. The molecule has 8 heteroatoms. The lowest BCUT2D eigenvalue weighted by Gasteiger charge is -2.11. The van der Waals surface area contributed by atoms with Crippen LogP contribution < -0.4 is 0 Å². The molecule has 1 aromatic heterocycles. The molecule has 6 nitrogen and oxygen atoms in total. The summed E-state index contributed by atoms with van der Waals surface area (Å²) < 4.78 is 29.7. The van der Waals surface area contributed by atoms with E-state index >= 15 is 0 Å². The van der Waals surface area contributed by atoms with Crippen molar-refractivity contribution in [2.24, 2.45) is 0 Å². The highest BCUT2D eigenvalue weighted by molar-refractivity contribution is 5.91. The lowest BCUT2D eigenvalue weighted by Crippen LogP contribution is -2.11. The molecule has 3 aromatic rings. The van der Waals surface area contributed by atoms with E-state index in [-0.39, 0.29) is 11.3 Å². The number of benzene rings is 2. The molecule has 0 radical (unpaired) electrons. The van der Waals surface area contributed by atoms with Crippen LogP contribution in [0.5, 0.6) is 0 Å². The summed E-state index contributed by atoms with van der Waals surface area (Å²) in [6.45, 7) is 0. The van der Waals surface area contributed by atoms with Gasteiger partial charge in [0.1, 0.15) is 23.4 Å². The van der Waals surface area contributed by atoms with Gasteiger partial charge in [0.25, 0.3) is 0 Å². The first kappa shape index (κ1) is 13.8. The molecular weight excluding hydrogens is 294 g/mol. The van der Waals surface area contributed by atoms with E-state index in [0.717, 1.165) is 11.0 Å². The van der Waals surface area contributed by atoms with Crippen molar-refractivity contribution in [3.05, 3.63) is 59.9 Å². The molecule has 0 bridgehead atoms. The second-order valence-corrected chi connectivity index (χ2v) is 4.37. The smallest absolute Gasteiger partial charge is 0.341 e. The molecule has 3 rings (SSSR count). The summed E-state index contributed by atoms with van der Waals surface area (Å²) in [5, 5.41) is 19.3. The lowest BCUT2D eigenvalue weighted by atomic mass is 10.0. The van der Waals surface area contributed by atoms with Gasteiger partial charge in [0.15, 0.2) is 5.82 Å². The fraction of sp³-hybridized carbons (Fsp3) is 0. The maximum absolute atomic E-state index is 14.4. The molecule has 0 saturated heterocycles. The third-order valence-corrected chi connectivity index (χ3v) is 3.08. The molecule has 0 saturated carbocycles. The Hall–Kier alpha value is -3.16. The van der Waals surface area contributed by atoms with Gasteiger partial charge in [0.05, 0.1) is 0 Å².